The van der Waals surface area contributed by atoms with Crippen molar-refractivity contribution in [2.45, 2.75) is 59.5 Å². The summed E-state index contributed by atoms with van der Waals surface area (Å²) in [5.41, 5.74) is 0.834. The Bertz CT molecular complexity index is 457. The molecular formula is C17H26ClNO. The van der Waals surface area contributed by atoms with E-state index in [1.165, 1.54) is 0 Å². The maximum absolute atomic E-state index is 12.4. The van der Waals surface area contributed by atoms with E-state index in [4.69, 9.17) is 11.6 Å². The third-order valence-electron chi connectivity index (χ3n) is 3.10. The number of nitrogens with one attached hydrogen (secondary N) is 1. The molecule has 0 aliphatic rings. The highest BCUT2D eigenvalue weighted by molar-refractivity contribution is 6.30. The van der Waals surface area contributed by atoms with E-state index >= 15 is 0 Å². The average molecular weight is 296 g/mol. The van der Waals surface area contributed by atoms with E-state index in [1.807, 2.05) is 6.92 Å². The fraction of sp³-hybridized carbons (Fsp3) is 0.588. The first-order valence-corrected chi connectivity index (χ1v) is 7.45. The highest BCUT2D eigenvalue weighted by atomic mass is 35.5. The summed E-state index contributed by atoms with van der Waals surface area (Å²) < 4.78 is 0. The van der Waals surface area contributed by atoms with Gasteiger partial charge < -0.3 is 5.32 Å². The molecule has 0 bridgehead atoms. The molecular weight excluding hydrogens is 270 g/mol. The zero-order valence-corrected chi connectivity index (χ0v) is 14.1. The number of rotatable bonds is 5. The lowest BCUT2D eigenvalue weighted by atomic mass is 9.81. The second kappa shape index (κ2) is 6.28. The van der Waals surface area contributed by atoms with E-state index in [0.717, 1.165) is 6.42 Å². The second-order valence-electron chi connectivity index (χ2n) is 7.36. The number of halogens is 1. The van der Waals surface area contributed by atoms with E-state index in [-0.39, 0.29) is 22.8 Å². The molecule has 0 spiro atoms. The molecule has 0 saturated carbocycles. The number of benzene rings is 1. The Hall–Kier alpha value is -0.860. The smallest absolute Gasteiger partial charge is 0.179 e. The number of hydrogen-bond acceptors (Lipinski definition) is 2. The number of Topliss-reactive ketones (excluding diaryl/α,β-unsaturated/α-hetero) is 1. The third-order valence-corrected chi connectivity index (χ3v) is 3.35. The fourth-order valence-corrected chi connectivity index (χ4v) is 3.02. The van der Waals surface area contributed by atoms with Gasteiger partial charge in [-0.2, -0.15) is 0 Å². The van der Waals surface area contributed by atoms with E-state index in [9.17, 15) is 4.79 Å². The highest BCUT2D eigenvalue weighted by Crippen LogP contribution is 2.27. The molecule has 2 nitrogen and oxygen atoms in total. The molecule has 1 aromatic rings. The Kier molecular flexibility index (Phi) is 5.39. The van der Waals surface area contributed by atoms with Crippen molar-refractivity contribution in [3.05, 3.63) is 34.9 Å². The van der Waals surface area contributed by atoms with Gasteiger partial charge in [0.05, 0.1) is 6.04 Å². The predicted molar refractivity (Wildman–Crippen MR) is 86.5 cm³/mol. The lowest BCUT2D eigenvalue weighted by molar-refractivity contribution is 0.0921. The van der Waals surface area contributed by atoms with Crippen molar-refractivity contribution in [1.29, 1.82) is 0 Å². The van der Waals surface area contributed by atoms with Crippen LogP contribution in [0, 0.1) is 5.41 Å². The van der Waals surface area contributed by atoms with Crippen LogP contribution in [0.4, 0.5) is 0 Å². The molecule has 0 aliphatic carbocycles. The molecule has 20 heavy (non-hydrogen) atoms. The van der Waals surface area contributed by atoms with Gasteiger partial charge in [-0.25, -0.2) is 0 Å². The summed E-state index contributed by atoms with van der Waals surface area (Å²) in [5.74, 6) is 0.101. The van der Waals surface area contributed by atoms with Crippen molar-refractivity contribution in [3.63, 3.8) is 0 Å². The third kappa shape index (κ3) is 5.64. The van der Waals surface area contributed by atoms with Crippen LogP contribution in [-0.4, -0.2) is 17.4 Å². The van der Waals surface area contributed by atoms with E-state index < -0.39 is 0 Å². The predicted octanol–water partition coefficient (Wildman–Crippen LogP) is 4.72. The zero-order chi connectivity index (χ0) is 15.6. The maximum atomic E-state index is 12.4. The van der Waals surface area contributed by atoms with Crippen LogP contribution < -0.4 is 5.32 Å². The number of carbonyl (C=O) groups excluding carboxylic acids is 1. The molecule has 1 unspecified atom stereocenters. The lowest BCUT2D eigenvalue weighted by Gasteiger charge is -2.35. The number of carbonyl (C=O) groups is 1. The monoisotopic (exact) mass is 295 g/mol. The highest BCUT2D eigenvalue weighted by Gasteiger charge is 2.28. The minimum atomic E-state index is -0.214. The van der Waals surface area contributed by atoms with Crippen molar-refractivity contribution in [3.8, 4) is 0 Å². The van der Waals surface area contributed by atoms with Gasteiger partial charge >= 0.3 is 0 Å². The Balaban J connectivity index is 2.73. The molecule has 0 fully saturated rings. The van der Waals surface area contributed by atoms with Gasteiger partial charge in [0, 0.05) is 16.1 Å². The first-order valence-electron chi connectivity index (χ1n) is 7.08. The minimum Gasteiger partial charge on any atom is -0.302 e. The van der Waals surface area contributed by atoms with Crippen LogP contribution in [0.5, 0.6) is 0 Å². The first kappa shape index (κ1) is 17.2. The van der Waals surface area contributed by atoms with Gasteiger partial charge in [0.1, 0.15) is 0 Å². The maximum Gasteiger partial charge on any atom is 0.179 e. The summed E-state index contributed by atoms with van der Waals surface area (Å²) in [7, 11) is 0. The molecule has 0 aliphatic heterocycles. The Labute approximate surface area is 127 Å². The molecule has 0 aromatic heterocycles. The van der Waals surface area contributed by atoms with Crippen LogP contribution >= 0.6 is 11.6 Å². The van der Waals surface area contributed by atoms with Gasteiger partial charge in [-0.05, 0) is 56.9 Å². The zero-order valence-electron chi connectivity index (χ0n) is 13.4. The van der Waals surface area contributed by atoms with Crippen LogP contribution in [0.3, 0.4) is 0 Å². The molecule has 0 amide bonds. The van der Waals surface area contributed by atoms with Gasteiger partial charge in [0.15, 0.2) is 5.78 Å². The second-order valence-corrected chi connectivity index (χ2v) is 7.79. The topological polar surface area (TPSA) is 29.1 Å². The van der Waals surface area contributed by atoms with Gasteiger partial charge in [0.25, 0.3) is 0 Å². The van der Waals surface area contributed by atoms with Crippen molar-refractivity contribution >= 4 is 17.4 Å². The van der Waals surface area contributed by atoms with E-state index in [1.54, 1.807) is 24.3 Å². The summed E-state index contributed by atoms with van der Waals surface area (Å²) in [6.07, 6.45) is 0.998. The van der Waals surface area contributed by atoms with Crippen molar-refractivity contribution in [2.75, 3.05) is 0 Å². The molecule has 1 atom stereocenters. The average Bonchev–Trinajstić information content (AvgIpc) is 2.24. The number of hydrogen-bond donors (Lipinski definition) is 1. The molecule has 1 rings (SSSR count). The first-order chi connectivity index (χ1) is 9.00. The van der Waals surface area contributed by atoms with Crippen molar-refractivity contribution < 1.29 is 4.79 Å². The quantitative estimate of drug-likeness (QED) is 0.797. The Morgan fingerprint density at radius 3 is 2.10 bits per heavy atom. The Morgan fingerprint density at radius 1 is 1.15 bits per heavy atom. The molecule has 0 heterocycles. The molecule has 1 N–H and O–H groups in total. The minimum absolute atomic E-state index is 0.0836. The van der Waals surface area contributed by atoms with Crippen LogP contribution in [0.2, 0.25) is 5.02 Å². The summed E-state index contributed by atoms with van der Waals surface area (Å²) in [5, 5.41) is 4.09. The largest absolute Gasteiger partial charge is 0.302 e. The number of ketones is 1. The van der Waals surface area contributed by atoms with E-state index in [2.05, 4.69) is 39.9 Å². The van der Waals surface area contributed by atoms with Crippen LogP contribution in [0.1, 0.15) is 58.3 Å². The molecule has 0 saturated heterocycles. The van der Waals surface area contributed by atoms with Crippen molar-refractivity contribution in [2.24, 2.45) is 5.41 Å². The molecule has 3 heteroatoms. The molecule has 0 radical (unpaired) electrons. The summed E-state index contributed by atoms with van der Waals surface area (Å²) >= 11 is 5.85. The lowest BCUT2D eigenvalue weighted by Crippen LogP contribution is -2.49. The fourth-order valence-electron chi connectivity index (χ4n) is 2.89. The van der Waals surface area contributed by atoms with Gasteiger partial charge in [-0.1, -0.05) is 32.4 Å². The normalized spacial score (nSPS) is 14.2. The van der Waals surface area contributed by atoms with Crippen LogP contribution in [-0.2, 0) is 0 Å². The van der Waals surface area contributed by atoms with Crippen LogP contribution in [0.25, 0.3) is 0 Å². The molecule has 112 valence electrons. The summed E-state index contributed by atoms with van der Waals surface area (Å²) in [6.45, 7) is 12.8. The summed E-state index contributed by atoms with van der Waals surface area (Å²) in [4.78, 5) is 12.4. The van der Waals surface area contributed by atoms with Gasteiger partial charge in [-0.3, -0.25) is 4.79 Å². The Morgan fingerprint density at radius 2 is 1.65 bits per heavy atom. The standard InChI is InChI=1S/C17H26ClNO/c1-12(19-17(5,6)11-16(2,3)4)15(20)13-7-9-14(18)10-8-13/h7-10,12,19H,11H2,1-6H3. The SMILES string of the molecule is CC(NC(C)(C)CC(C)(C)C)C(=O)c1ccc(Cl)cc1. The van der Waals surface area contributed by atoms with E-state index in [0.29, 0.717) is 10.6 Å². The van der Waals surface area contributed by atoms with Gasteiger partial charge in [-0.15, -0.1) is 0 Å². The van der Waals surface area contributed by atoms with Crippen LogP contribution in [0.15, 0.2) is 24.3 Å². The van der Waals surface area contributed by atoms with Gasteiger partial charge in [0.2, 0.25) is 0 Å². The van der Waals surface area contributed by atoms with Crippen molar-refractivity contribution in [1.82, 2.24) is 5.32 Å². The summed E-state index contributed by atoms with van der Waals surface area (Å²) in [6, 6.07) is 6.84. The molecule has 1 aromatic carbocycles.